The zero-order chi connectivity index (χ0) is 17.7. The Bertz CT molecular complexity index is 539. The van der Waals surface area contributed by atoms with Crippen LogP contribution >= 0.6 is 11.6 Å². The molecule has 1 atom stereocenters. The van der Waals surface area contributed by atoms with Gasteiger partial charge in [0.15, 0.2) is 11.5 Å². The van der Waals surface area contributed by atoms with E-state index in [0.717, 1.165) is 38.2 Å². The Morgan fingerprint density at radius 1 is 1.25 bits per heavy atom. The monoisotopic (exact) mass is 356 g/mol. The number of aliphatic hydroxyl groups excluding tert-OH is 1. The topological polar surface area (TPSA) is 45.2 Å². The molecule has 0 aliphatic carbocycles. The first kappa shape index (κ1) is 19.3. The van der Waals surface area contributed by atoms with E-state index in [-0.39, 0.29) is 6.61 Å². The summed E-state index contributed by atoms with van der Waals surface area (Å²) in [6, 6.07) is 4.77. The Labute approximate surface area is 150 Å². The maximum absolute atomic E-state index is 9.37. The van der Waals surface area contributed by atoms with Gasteiger partial charge in [0.1, 0.15) is 0 Å². The Morgan fingerprint density at radius 2 is 2.00 bits per heavy atom. The lowest BCUT2D eigenvalue weighted by molar-refractivity contribution is 0.0349. The molecule has 6 heteroatoms. The Balaban J connectivity index is 2.11. The first-order valence-electron chi connectivity index (χ1n) is 8.50. The van der Waals surface area contributed by atoms with Crippen molar-refractivity contribution in [3.8, 4) is 11.5 Å². The number of halogens is 1. The van der Waals surface area contributed by atoms with E-state index in [1.165, 1.54) is 0 Å². The standard InChI is InChI=1S/C18H29ClN2O3/c1-13(2)21-9-8-20(12-15(21)7-10-22)11-14-5-6-16(23-3)18(24-4)17(14)19/h5-6,13,15,22H,7-12H2,1-4H3. The number of nitrogens with zero attached hydrogens (tertiary/aromatic N) is 2. The van der Waals surface area contributed by atoms with E-state index < -0.39 is 0 Å². The molecule has 2 rings (SSSR count). The second-order valence-electron chi connectivity index (χ2n) is 6.51. The van der Waals surface area contributed by atoms with Crippen LogP contribution in [0, 0.1) is 0 Å². The van der Waals surface area contributed by atoms with Gasteiger partial charge in [0.05, 0.1) is 19.2 Å². The minimum Gasteiger partial charge on any atom is -0.493 e. The Morgan fingerprint density at radius 3 is 2.58 bits per heavy atom. The lowest BCUT2D eigenvalue weighted by Gasteiger charge is -2.43. The maximum atomic E-state index is 9.37. The summed E-state index contributed by atoms with van der Waals surface area (Å²) in [7, 11) is 3.21. The van der Waals surface area contributed by atoms with Gasteiger partial charge >= 0.3 is 0 Å². The highest BCUT2D eigenvalue weighted by molar-refractivity contribution is 6.33. The smallest absolute Gasteiger partial charge is 0.179 e. The molecule has 136 valence electrons. The molecule has 0 aromatic heterocycles. The van der Waals surface area contributed by atoms with Gasteiger partial charge in [0.25, 0.3) is 0 Å². The minimum atomic E-state index is 0.221. The lowest BCUT2D eigenvalue weighted by Crippen LogP contribution is -2.55. The van der Waals surface area contributed by atoms with Crippen LogP contribution in [0.25, 0.3) is 0 Å². The van der Waals surface area contributed by atoms with Crippen molar-refractivity contribution < 1.29 is 14.6 Å². The van der Waals surface area contributed by atoms with Crippen LogP contribution in [-0.4, -0.2) is 67.5 Å². The number of ether oxygens (including phenoxy) is 2. The van der Waals surface area contributed by atoms with Gasteiger partial charge in [0, 0.05) is 44.9 Å². The molecule has 0 amide bonds. The van der Waals surface area contributed by atoms with Gasteiger partial charge in [-0.25, -0.2) is 0 Å². The zero-order valence-electron chi connectivity index (χ0n) is 15.1. The molecular formula is C18H29ClN2O3. The molecule has 1 aromatic rings. The van der Waals surface area contributed by atoms with Crippen LogP contribution in [0.15, 0.2) is 12.1 Å². The Hall–Kier alpha value is -1.01. The number of hydrogen-bond acceptors (Lipinski definition) is 5. The quantitative estimate of drug-likeness (QED) is 0.813. The molecule has 1 fully saturated rings. The van der Waals surface area contributed by atoms with Crippen molar-refractivity contribution >= 4 is 11.6 Å². The second-order valence-corrected chi connectivity index (χ2v) is 6.88. The third-order valence-electron chi connectivity index (χ3n) is 4.70. The van der Waals surface area contributed by atoms with Crippen molar-refractivity contribution in [2.75, 3.05) is 40.5 Å². The second kappa shape index (κ2) is 8.90. The highest BCUT2D eigenvalue weighted by atomic mass is 35.5. The van der Waals surface area contributed by atoms with Gasteiger partial charge in [0.2, 0.25) is 0 Å². The molecule has 1 aromatic carbocycles. The summed E-state index contributed by atoms with van der Waals surface area (Å²) in [4.78, 5) is 4.87. The highest BCUT2D eigenvalue weighted by Gasteiger charge is 2.28. The molecule has 1 saturated heterocycles. The molecular weight excluding hydrogens is 328 g/mol. The fourth-order valence-corrected chi connectivity index (χ4v) is 3.75. The van der Waals surface area contributed by atoms with E-state index in [0.29, 0.717) is 28.6 Å². The molecule has 1 aliphatic rings. The molecule has 1 heterocycles. The molecule has 0 spiro atoms. The largest absolute Gasteiger partial charge is 0.493 e. The summed E-state index contributed by atoms with van der Waals surface area (Å²) >= 11 is 6.51. The van der Waals surface area contributed by atoms with Crippen LogP contribution in [0.1, 0.15) is 25.8 Å². The number of methoxy groups -OCH3 is 2. The summed E-state index contributed by atoms with van der Waals surface area (Å²) in [6.45, 7) is 8.35. The number of hydrogen-bond donors (Lipinski definition) is 1. The van der Waals surface area contributed by atoms with Gasteiger partial charge in [-0.3, -0.25) is 9.80 Å². The summed E-state index contributed by atoms with van der Waals surface area (Å²) in [6.07, 6.45) is 0.800. The van der Waals surface area contributed by atoms with Gasteiger partial charge in [-0.2, -0.15) is 0 Å². The van der Waals surface area contributed by atoms with E-state index >= 15 is 0 Å². The van der Waals surface area contributed by atoms with Crippen LogP contribution in [0.3, 0.4) is 0 Å². The third kappa shape index (κ3) is 4.33. The number of aliphatic hydroxyl groups is 1. The van der Waals surface area contributed by atoms with E-state index in [2.05, 4.69) is 23.6 Å². The van der Waals surface area contributed by atoms with Crippen LogP contribution in [0.4, 0.5) is 0 Å². The van der Waals surface area contributed by atoms with Crippen LogP contribution in [0.2, 0.25) is 5.02 Å². The third-order valence-corrected chi connectivity index (χ3v) is 5.11. The minimum absolute atomic E-state index is 0.221. The van der Waals surface area contributed by atoms with Crippen molar-refractivity contribution in [3.63, 3.8) is 0 Å². The van der Waals surface area contributed by atoms with Crippen LogP contribution in [-0.2, 0) is 6.54 Å². The van der Waals surface area contributed by atoms with Crippen molar-refractivity contribution in [3.05, 3.63) is 22.7 Å². The molecule has 0 bridgehead atoms. The molecule has 0 radical (unpaired) electrons. The molecule has 1 unspecified atom stereocenters. The molecule has 0 saturated carbocycles. The van der Waals surface area contributed by atoms with Crippen molar-refractivity contribution in [1.82, 2.24) is 9.80 Å². The van der Waals surface area contributed by atoms with E-state index in [1.54, 1.807) is 14.2 Å². The van der Waals surface area contributed by atoms with Crippen molar-refractivity contribution in [2.45, 2.75) is 38.9 Å². The van der Waals surface area contributed by atoms with Crippen molar-refractivity contribution in [2.24, 2.45) is 0 Å². The Kier molecular flexibility index (Phi) is 7.16. The molecule has 1 aliphatic heterocycles. The van der Waals surface area contributed by atoms with E-state index in [1.807, 2.05) is 12.1 Å². The highest BCUT2D eigenvalue weighted by Crippen LogP contribution is 2.37. The predicted molar refractivity (Wildman–Crippen MR) is 97.2 cm³/mol. The first-order chi connectivity index (χ1) is 11.5. The fourth-order valence-electron chi connectivity index (χ4n) is 3.46. The number of piperazine rings is 1. The first-order valence-corrected chi connectivity index (χ1v) is 8.87. The number of rotatable bonds is 7. The van der Waals surface area contributed by atoms with Gasteiger partial charge in [-0.1, -0.05) is 17.7 Å². The molecule has 24 heavy (non-hydrogen) atoms. The average Bonchev–Trinajstić information content (AvgIpc) is 2.56. The predicted octanol–water partition coefficient (Wildman–Crippen LogP) is 2.63. The van der Waals surface area contributed by atoms with Gasteiger partial charge in [-0.15, -0.1) is 0 Å². The van der Waals surface area contributed by atoms with Crippen LogP contribution < -0.4 is 9.47 Å². The maximum Gasteiger partial charge on any atom is 0.179 e. The normalized spacial score (nSPS) is 19.7. The van der Waals surface area contributed by atoms with Gasteiger partial charge in [-0.05, 0) is 31.9 Å². The van der Waals surface area contributed by atoms with Crippen LogP contribution in [0.5, 0.6) is 11.5 Å². The summed E-state index contributed by atoms with van der Waals surface area (Å²) in [5, 5.41) is 9.98. The van der Waals surface area contributed by atoms with E-state index in [9.17, 15) is 5.11 Å². The molecule has 5 nitrogen and oxygen atoms in total. The summed E-state index contributed by atoms with van der Waals surface area (Å²) in [5.74, 6) is 1.23. The van der Waals surface area contributed by atoms with Gasteiger partial charge < -0.3 is 14.6 Å². The van der Waals surface area contributed by atoms with E-state index in [4.69, 9.17) is 21.1 Å². The van der Waals surface area contributed by atoms with Crippen molar-refractivity contribution in [1.29, 1.82) is 0 Å². The molecule has 1 N–H and O–H groups in total. The fraction of sp³-hybridized carbons (Fsp3) is 0.667. The summed E-state index contributed by atoms with van der Waals surface area (Å²) < 4.78 is 10.7. The average molecular weight is 357 g/mol. The lowest BCUT2D eigenvalue weighted by atomic mass is 10.1. The summed E-state index contributed by atoms with van der Waals surface area (Å²) in [5.41, 5.74) is 1.04. The zero-order valence-corrected chi connectivity index (χ0v) is 15.8. The SMILES string of the molecule is COc1ccc(CN2CCN(C(C)C)C(CCO)C2)c(Cl)c1OC. The number of benzene rings is 1.